The van der Waals surface area contributed by atoms with E-state index in [1.807, 2.05) is 13.0 Å². The van der Waals surface area contributed by atoms with E-state index in [4.69, 9.17) is 5.26 Å². The van der Waals surface area contributed by atoms with E-state index in [1.165, 1.54) is 12.1 Å². The highest BCUT2D eigenvalue weighted by atomic mass is 19.1. The first-order valence-corrected chi connectivity index (χ1v) is 6.04. The Kier molecular flexibility index (Phi) is 5.31. The molecule has 1 aromatic carbocycles. The van der Waals surface area contributed by atoms with Crippen LogP contribution in [-0.4, -0.2) is 5.91 Å². The largest absolute Gasteiger partial charge is 0.348 e. The molecular formula is C14H17FN2O. The summed E-state index contributed by atoms with van der Waals surface area (Å²) in [7, 11) is 0. The summed E-state index contributed by atoms with van der Waals surface area (Å²) in [5.41, 5.74) is 0.691. The van der Waals surface area contributed by atoms with Crippen LogP contribution < -0.4 is 5.32 Å². The van der Waals surface area contributed by atoms with Crippen molar-refractivity contribution in [1.82, 2.24) is 5.32 Å². The fourth-order valence-corrected chi connectivity index (χ4v) is 1.72. The smallest absolute Gasteiger partial charge is 0.237 e. The lowest BCUT2D eigenvalue weighted by Crippen LogP contribution is -2.32. The van der Waals surface area contributed by atoms with Gasteiger partial charge in [0.2, 0.25) is 5.91 Å². The van der Waals surface area contributed by atoms with Crippen LogP contribution in [0.5, 0.6) is 0 Å². The summed E-state index contributed by atoms with van der Waals surface area (Å²) in [6.07, 6.45) is 1.32. The molecule has 0 aliphatic heterocycles. The molecule has 1 rings (SSSR count). The number of nitrogens with zero attached hydrogens (tertiary/aromatic N) is 1. The van der Waals surface area contributed by atoms with E-state index in [2.05, 4.69) is 5.32 Å². The van der Waals surface area contributed by atoms with Crippen molar-refractivity contribution in [2.45, 2.75) is 32.7 Å². The number of nitriles is 1. The summed E-state index contributed by atoms with van der Waals surface area (Å²) in [4.78, 5) is 11.8. The third kappa shape index (κ3) is 3.85. The average Bonchev–Trinajstić information content (AvgIpc) is 2.35. The van der Waals surface area contributed by atoms with Gasteiger partial charge in [-0.3, -0.25) is 4.79 Å². The van der Waals surface area contributed by atoms with Crippen LogP contribution in [0.25, 0.3) is 0 Å². The molecule has 2 atom stereocenters. The Morgan fingerprint density at radius 3 is 2.83 bits per heavy atom. The Morgan fingerprint density at radius 1 is 1.56 bits per heavy atom. The number of carbonyl (C=O) groups excluding carboxylic acids is 1. The van der Waals surface area contributed by atoms with Crippen LogP contribution >= 0.6 is 0 Å². The number of halogens is 1. The van der Waals surface area contributed by atoms with Crippen molar-refractivity contribution in [3.63, 3.8) is 0 Å². The second-order valence-electron chi connectivity index (χ2n) is 4.26. The zero-order chi connectivity index (χ0) is 13.5. The van der Waals surface area contributed by atoms with E-state index in [0.29, 0.717) is 12.0 Å². The lowest BCUT2D eigenvalue weighted by Gasteiger charge is -2.16. The van der Waals surface area contributed by atoms with Gasteiger partial charge in [-0.1, -0.05) is 25.5 Å². The first-order chi connectivity index (χ1) is 8.58. The van der Waals surface area contributed by atoms with Crippen molar-refractivity contribution in [2.75, 3.05) is 0 Å². The van der Waals surface area contributed by atoms with Gasteiger partial charge in [-0.25, -0.2) is 4.39 Å². The lowest BCUT2D eigenvalue weighted by atomic mass is 10.0. The van der Waals surface area contributed by atoms with Crippen molar-refractivity contribution in [2.24, 2.45) is 5.92 Å². The lowest BCUT2D eigenvalue weighted by molar-refractivity contribution is -0.124. The van der Waals surface area contributed by atoms with Crippen molar-refractivity contribution in [1.29, 1.82) is 5.26 Å². The van der Waals surface area contributed by atoms with Crippen LogP contribution in [0.2, 0.25) is 0 Å². The van der Waals surface area contributed by atoms with Crippen molar-refractivity contribution < 1.29 is 9.18 Å². The molecule has 0 heterocycles. The zero-order valence-corrected chi connectivity index (χ0v) is 10.6. The summed E-state index contributed by atoms with van der Waals surface area (Å²) in [5.74, 6) is -1.26. The summed E-state index contributed by atoms with van der Waals surface area (Å²) in [6.45, 7) is 3.70. The molecule has 0 spiro atoms. The Bertz CT molecular complexity index is 453. The Labute approximate surface area is 107 Å². The second kappa shape index (κ2) is 6.75. The summed E-state index contributed by atoms with van der Waals surface area (Å²) >= 11 is 0. The van der Waals surface area contributed by atoms with Crippen LogP contribution in [0, 0.1) is 23.1 Å². The van der Waals surface area contributed by atoms with Gasteiger partial charge in [-0.05, 0) is 31.0 Å². The minimum Gasteiger partial charge on any atom is -0.348 e. The highest BCUT2D eigenvalue weighted by Gasteiger charge is 2.19. The van der Waals surface area contributed by atoms with Gasteiger partial charge in [0.15, 0.2) is 0 Å². The number of rotatable bonds is 5. The van der Waals surface area contributed by atoms with Gasteiger partial charge in [-0.15, -0.1) is 0 Å². The fraction of sp³-hybridized carbons (Fsp3) is 0.429. The Hall–Kier alpha value is -1.89. The predicted molar refractivity (Wildman–Crippen MR) is 67.0 cm³/mol. The molecule has 0 aliphatic carbocycles. The maximum Gasteiger partial charge on any atom is 0.237 e. The van der Waals surface area contributed by atoms with Crippen LogP contribution in [0.3, 0.4) is 0 Å². The maximum atomic E-state index is 13.0. The molecule has 0 aromatic heterocycles. The molecule has 4 heteroatoms. The maximum absolute atomic E-state index is 13.0. The minimum absolute atomic E-state index is 0.295. The number of hydrogen-bond acceptors (Lipinski definition) is 2. The topological polar surface area (TPSA) is 52.9 Å². The molecule has 3 nitrogen and oxygen atoms in total. The first-order valence-electron chi connectivity index (χ1n) is 6.04. The Morgan fingerprint density at radius 2 is 2.28 bits per heavy atom. The Balaban J connectivity index is 2.67. The fourth-order valence-electron chi connectivity index (χ4n) is 1.72. The van der Waals surface area contributed by atoms with E-state index < -0.39 is 5.92 Å². The third-order valence-electron chi connectivity index (χ3n) is 2.76. The number of hydrogen-bond donors (Lipinski definition) is 1. The van der Waals surface area contributed by atoms with Gasteiger partial charge in [0.05, 0.1) is 12.1 Å². The molecule has 0 radical (unpaired) electrons. The predicted octanol–water partition coefficient (Wildman–Crippen LogP) is 2.94. The number of carbonyl (C=O) groups is 1. The quantitative estimate of drug-likeness (QED) is 0.871. The number of nitrogens with one attached hydrogen (secondary N) is 1. The molecule has 2 unspecified atom stereocenters. The van der Waals surface area contributed by atoms with E-state index in [-0.39, 0.29) is 17.8 Å². The molecule has 1 aromatic rings. The van der Waals surface area contributed by atoms with Crippen LogP contribution in [-0.2, 0) is 4.79 Å². The van der Waals surface area contributed by atoms with Crippen LogP contribution in [0.1, 0.15) is 38.3 Å². The standard InChI is InChI=1S/C14H17FN2O/c1-3-5-12(9-16)14(18)17-10(2)11-6-4-7-13(15)8-11/h4,6-8,10,12H,3,5H2,1-2H3,(H,17,18). The van der Waals surface area contributed by atoms with Crippen molar-refractivity contribution >= 4 is 5.91 Å². The molecule has 96 valence electrons. The molecule has 1 amide bonds. The first kappa shape index (κ1) is 14.2. The third-order valence-corrected chi connectivity index (χ3v) is 2.76. The highest BCUT2D eigenvalue weighted by molar-refractivity contribution is 5.81. The number of amides is 1. The van der Waals surface area contributed by atoms with Crippen molar-refractivity contribution in [3.8, 4) is 6.07 Å². The molecule has 0 saturated heterocycles. The van der Waals surface area contributed by atoms with Gasteiger partial charge >= 0.3 is 0 Å². The summed E-state index contributed by atoms with van der Waals surface area (Å²) in [5, 5.41) is 11.6. The monoisotopic (exact) mass is 248 g/mol. The highest BCUT2D eigenvalue weighted by Crippen LogP contribution is 2.15. The molecule has 18 heavy (non-hydrogen) atoms. The number of benzene rings is 1. The van der Waals surface area contributed by atoms with Gasteiger partial charge in [0.1, 0.15) is 11.7 Å². The minimum atomic E-state index is -0.633. The van der Waals surface area contributed by atoms with E-state index in [9.17, 15) is 9.18 Å². The molecule has 0 saturated carbocycles. The van der Waals surface area contributed by atoms with E-state index >= 15 is 0 Å². The molecule has 0 fully saturated rings. The van der Waals surface area contributed by atoms with Gasteiger partial charge in [0, 0.05) is 0 Å². The van der Waals surface area contributed by atoms with E-state index in [1.54, 1.807) is 19.1 Å². The van der Waals surface area contributed by atoms with Gasteiger partial charge in [-0.2, -0.15) is 5.26 Å². The summed E-state index contributed by atoms with van der Waals surface area (Å²) in [6, 6.07) is 7.76. The van der Waals surface area contributed by atoms with Gasteiger partial charge in [0.25, 0.3) is 0 Å². The van der Waals surface area contributed by atoms with E-state index in [0.717, 1.165) is 6.42 Å². The van der Waals surface area contributed by atoms with Crippen molar-refractivity contribution in [3.05, 3.63) is 35.6 Å². The normalized spacial score (nSPS) is 13.4. The summed E-state index contributed by atoms with van der Waals surface area (Å²) < 4.78 is 13.0. The molecule has 1 N–H and O–H groups in total. The molecular weight excluding hydrogens is 231 g/mol. The zero-order valence-electron chi connectivity index (χ0n) is 10.6. The molecule has 0 bridgehead atoms. The average molecular weight is 248 g/mol. The molecule has 0 aliphatic rings. The SMILES string of the molecule is CCCC(C#N)C(=O)NC(C)c1cccc(F)c1. The van der Waals surface area contributed by atoms with Crippen LogP contribution in [0.4, 0.5) is 4.39 Å². The van der Waals surface area contributed by atoms with Gasteiger partial charge < -0.3 is 5.32 Å². The van der Waals surface area contributed by atoms with Crippen LogP contribution in [0.15, 0.2) is 24.3 Å². The second-order valence-corrected chi connectivity index (χ2v) is 4.26.